The van der Waals surface area contributed by atoms with Gasteiger partial charge in [0.2, 0.25) is 5.91 Å². The van der Waals surface area contributed by atoms with Crippen molar-refractivity contribution in [1.82, 2.24) is 15.3 Å². The number of aromatic nitrogens is 2. The van der Waals surface area contributed by atoms with Crippen LogP contribution in [0.5, 0.6) is 5.75 Å². The summed E-state index contributed by atoms with van der Waals surface area (Å²) in [4.78, 5) is 23.8. The topological polar surface area (TPSA) is 87.6 Å². The van der Waals surface area contributed by atoms with Crippen LogP contribution in [-0.4, -0.2) is 52.8 Å². The molecule has 0 radical (unpaired) electrons. The number of carbonyl (C=O) groups is 1. The molecule has 1 atom stereocenters. The van der Waals surface area contributed by atoms with Crippen molar-refractivity contribution in [2.45, 2.75) is 37.8 Å². The number of amides is 1. The Kier molecular flexibility index (Phi) is 5.61. The Hall–Kier alpha value is -3.26. The molecule has 8 heteroatoms. The maximum atomic E-state index is 14.1. The van der Waals surface area contributed by atoms with Crippen molar-refractivity contribution in [2.75, 3.05) is 24.6 Å². The molecule has 2 N–H and O–H groups in total. The highest BCUT2D eigenvalue weighted by Gasteiger charge is 2.28. The molecule has 2 fully saturated rings. The summed E-state index contributed by atoms with van der Waals surface area (Å²) in [7, 11) is 0. The van der Waals surface area contributed by atoms with E-state index in [-0.39, 0.29) is 29.6 Å². The summed E-state index contributed by atoms with van der Waals surface area (Å²) in [5.74, 6) is 0.742. The van der Waals surface area contributed by atoms with Gasteiger partial charge < -0.3 is 20.1 Å². The van der Waals surface area contributed by atoms with Crippen molar-refractivity contribution in [3.8, 4) is 17.1 Å². The van der Waals surface area contributed by atoms with Gasteiger partial charge in [-0.3, -0.25) is 4.79 Å². The third kappa shape index (κ3) is 4.10. The molecular formula is C24H25FN4O3. The first-order valence-electron chi connectivity index (χ1n) is 11.0. The minimum Gasteiger partial charge on any atom is -0.507 e. The maximum absolute atomic E-state index is 14.1. The van der Waals surface area contributed by atoms with Gasteiger partial charge in [-0.2, -0.15) is 0 Å². The van der Waals surface area contributed by atoms with Crippen LogP contribution in [-0.2, 0) is 9.53 Å². The monoisotopic (exact) mass is 436 g/mol. The molecule has 32 heavy (non-hydrogen) atoms. The lowest BCUT2D eigenvalue weighted by Gasteiger charge is -2.34. The van der Waals surface area contributed by atoms with Gasteiger partial charge in [-0.1, -0.05) is 12.1 Å². The largest absolute Gasteiger partial charge is 0.507 e. The third-order valence-electron chi connectivity index (χ3n) is 6.15. The fraction of sp³-hybridized carbons (Fsp3) is 0.375. The second kappa shape index (κ2) is 8.70. The molecule has 2 aliphatic rings. The Morgan fingerprint density at radius 3 is 2.69 bits per heavy atom. The van der Waals surface area contributed by atoms with Crippen molar-refractivity contribution >= 4 is 22.6 Å². The van der Waals surface area contributed by atoms with Crippen molar-refractivity contribution in [3.63, 3.8) is 0 Å². The number of carbonyl (C=O) groups excluding carboxylic acids is 1. The van der Waals surface area contributed by atoms with Crippen molar-refractivity contribution in [1.29, 1.82) is 0 Å². The van der Waals surface area contributed by atoms with Crippen LogP contribution in [0.4, 0.5) is 10.2 Å². The molecule has 0 bridgehead atoms. The van der Waals surface area contributed by atoms with Crippen molar-refractivity contribution in [3.05, 3.63) is 48.3 Å². The molecule has 0 aliphatic carbocycles. The number of aromatic hydroxyl groups is 1. The fourth-order valence-corrected chi connectivity index (χ4v) is 4.42. The SMILES string of the molecule is O=C(NC1CCN(c2nc(-c3ccccc3O)nc3ccc(F)cc23)CC1)[C@H]1CCCO1. The van der Waals surface area contributed by atoms with E-state index in [4.69, 9.17) is 9.72 Å². The Balaban J connectivity index is 1.40. The third-order valence-corrected chi connectivity index (χ3v) is 6.15. The number of hydrogen-bond donors (Lipinski definition) is 2. The summed E-state index contributed by atoms with van der Waals surface area (Å²) in [6.07, 6.45) is 2.88. The summed E-state index contributed by atoms with van der Waals surface area (Å²) >= 11 is 0. The zero-order valence-electron chi connectivity index (χ0n) is 17.6. The van der Waals surface area contributed by atoms with E-state index >= 15 is 0 Å². The second-order valence-electron chi connectivity index (χ2n) is 8.32. The van der Waals surface area contributed by atoms with Crippen LogP contribution < -0.4 is 10.2 Å². The Labute approximate surface area is 185 Å². The van der Waals surface area contributed by atoms with Gasteiger partial charge in [0.15, 0.2) is 5.82 Å². The molecule has 1 aromatic heterocycles. The molecule has 2 aliphatic heterocycles. The van der Waals surface area contributed by atoms with Crippen LogP contribution in [0, 0.1) is 5.82 Å². The predicted molar refractivity (Wildman–Crippen MR) is 119 cm³/mol. The highest BCUT2D eigenvalue weighted by molar-refractivity contribution is 5.91. The fourth-order valence-electron chi connectivity index (χ4n) is 4.42. The van der Waals surface area contributed by atoms with Gasteiger partial charge in [-0.15, -0.1) is 0 Å². The van der Waals surface area contributed by atoms with Gasteiger partial charge in [0.05, 0.1) is 11.1 Å². The molecule has 0 unspecified atom stereocenters. The molecule has 0 saturated carbocycles. The van der Waals surface area contributed by atoms with E-state index in [9.17, 15) is 14.3 Å². The second-order valence-corrected chi connectivity index (χ2v) is 8.32. The average Bonchev–Trinajstić information content (AvgIpc) is 3.35. The molecular weight excluding hydrogens is 411 g/mol. The molecule has 2 aromatic carbocycles. The molecule has 2 saturated heterocycles. The van der Waals surface area contributed by atoms with E-state index in [0.717, 1.165) is 25.7 Å². The highest BCUT2D eigenvalue weighted by Crippen LogP contribution is 2.33. The number of piperidine rings is 1. The number of ether oxygens (including phenoxy) is 1. The Morgan fingerprint density at radius 1 is 1.12 bits per heavy atom. The van der Waals surface area contributed by atoms with Crippen molar-refractivity contribution < 1.29 is 19.0 Å². The van der Waals surface area contributed by atoms with E-state index < -0.39 is 0 Å². The number of fused-ring (bicyclic) bond motifs is 1. The number of rotatable bonds is 4. The summed E-state index contributed by atoms with van der Waals surface area (Å²) in [5.41, 5.74) is 1.14. The molecule has 3 aromatic rings. The number of halogens is 1. The quantitative estimate of drug-likeness (QED) is 0.652. The normalized spacial score (nSPS) is 19.4. The summed E-state index contributed by atoms with van der Waals surface area (Å²) in [6, 6.07) is 11.4. The first-order chi connectivity index (χ1) is 15.6. The summed E-state index contributed by atoms with van der Waals surface area (Å²) < 4.78 is 19.5. The standard InChI is InChI=1S/C24H25FN4O3/c25-15-7-8-19-18(14-15)23(28-22(27-19)17-4-1-2-5-20(17)30)29-11-9-16(10-12-29)26-24(31)21-6-3-13-32-21/h1-2,4-5,7-8,14,16,21,30H,3,6,9-13H2,(H,26,31)/t21-/m1/s1. The molecule has 3 heterocycles. The highest BCUT2D eigenvalue weighted by atomic mass is 19.1. The predicted octanol–water partition coefficient (Wildman–Crippen LogP) is 3.41. The van der Waals surface area contributed by atoms with E-state index in [2.05, 4.69) is 15.2 Å². The zero-order chi connectivity index (χ0) is 22.1. The van der Waals surface area contributed by atoms with Crippen LogP contribution >= 0.6 is 0 Å². The zero-order valence-corrected chi connectivity index (χ0v) is 17.6. The first-order valence-corrected chi connectivity index (χ1v) is 11.0. The number of benzene rings is 2. The minimum absolute atomic E-state index is 0.0302. The first kappa shape index (κ1) is 20.6. The van der Waals surface area contributed by atoms with E-state index in [1.807, 2.05) is 6.07 Å². The van der Waals surface area contributed by atoms with E-state index in [1.54, 1.807) is 24.3 Å². The number of hydrogen-bond acceptors (Lipinski definition) is 6. The van der Waals surface area contributed by atoms with Crippen LogP contribution in [0.1, 0.15) is 25.7 Å². The van der Waals surface area contributed by atoms with Gasteiger partial charge in [-0.25, -0.2) is 14.4 Å². The average molecular weight is 436 g/mol. The lowest BCUT2D eigenvalue weighted by molar-refractivity contribution is -0.130. The Morgan fingerprint density at radius 2 is 1.94 bits per heavy atom. The number of para-hydroxylation sites is 1. The smallest absolute Gasteiger partial charge is 0.249 e. The van der Waals surface area contributed by atoms with Crippen LogP contribution in [0.2, 0.25) is 0 Å². The molecule has 1 amide bonds. The number of nitrogens with zero attached hydrogens (tertiary/aromatic N) is 3. The van der Waals surface area contributed by atoms with Crippen molar-refractivity contribution in [2.24, 2.45) is 0 Å². The Bertz CT molecular complexity index is 1140. The minimum atomic E-state index is -0.351. The van der Waals surface area contributed by atoms with Gasteiger partial charge in [-0.05, 0) is 56.0 Å². The number of phenols is 1. The van der Waals surface area contributed by atoms with E-state index in [0.29, 0.717) is 47.8 Å². The van der Waals surface area contributed by atoms with Gasteiger partial charge in [0, 0.05) is 31.1 Å². The van der Waals surface area contributed by atoms with Crippen LogP contribution in [0.3, 0.4) is 0 Å². The molecule has 166 valence electrons. The number of phenolic OH excluding ortho intramolecular Hbond substituents is 1. The van der Waals surface area contributed by atoms with Gasteiger partial charge in [0.1, 0.15) is 23.5 Å². The van der Waals surface area contributed by atoms with Gasteiger partial charge in [0.25, 0.3) is 0 Å². The number of anilines is 1. The summed E-state index contributed by atoms with van der Waals surface area (Å²) in [6.45, 7) is 1.98. The lowest BCUT2D eigenvalue weighted by Crippen LogP contribution is -2.47. The maximum Gasteiger partial charge on any atom is 0.249 e. The van der Waals surface area contributed by atoms with Crippen LogP contribution in [0.25, 0.3) is 22.3 Å². The molecule has 0 spiro atoms. The lowest BCUT2D eigenvalue weighted by atomic mass is 10.0. The molecule has 7 nitrogen and oxygen atoms in total. The molecule has 5 rings (SSSR count). The number of nitrogens with one attached hydrogen (secondary N) is 1. The summed E-state index contributed by atoms with van der Waals surface area (Å²) in [5, 5.41) is 14.0. The van der Waals surface area contributed by atoms with Gasteiger partial charge >= 0.3 is 0 Å². The van der Waals surface area contributed by atoms with E-state index in [1.165, 1.54) is 12.1 Å². The van der Waals surface area contributed by atoms with Crippen LogP contribution in [0.15, 0.2) is 42.5 Å².